The van der Waals surface area contributed by atoms with Gasteiger partial charge >= 0.3 is 0 Å². The van der Waals surface area contributed by atoms with Gasteiger partial charge in [0.25, 0.3) is 0 Å². The third-order valence-electron chi connectivity index (χ3n) is 2.15. The predicted octanol–water partition coefficient (Wildman–Crippen LogP) is 3.70. The molecular formula is C11H9Cl2FN2O. The highest BCUT2D eigenvalue weighted by molar-refractivity contribution is 6.33. The number of nitrogens with zero attached hydrogens (tertiary/aromatic N) is 2. The van der Waals surface area contributed by atoms with Crippen LogP contribution in [0.3, 0.4) is 0 Å². The predicted molar refractivity (Wildman–Crippen MR) is 63.7 cm³/mol. The number of hydrogen-bond acceptors (Lipinski definition) is 3. The van der Waals surface area contributed by atoms with Crippen LogP contribution >= 0.6 is 23.2 Å². The maximum absolute atomic E-state index is 12.9. The Labute approximate surface area is 108 Å². The van der Waals surface area contributed by atoms with Gasteiger partial charge in [0, 0.05) is 12.3 Å². The Morgan fingerprint density at radius 2 is 2.12 bits per heavy atom. The molecule has 0 unspecified atom stereocenters. The van der Waals surface area contributed by atoms with Gasteiger partial charge in [-0.05, 0) is 24.6 Å². The minimum atomic E-state index is -0.402. The fourth-order valence-corrected chi connectivity index (χ4v) is 1.73. The second-order valence-corrected chi connectivity index (χ2v) is 4.20. The number of alkyl halides is 1. The fraction of sp³-hybridized carbons (Fsp3) is 0.273. The van der Waals surface area contributed by atoms with Crippen LogP contribution in [0.1, 0.15) is 12.3 Å². The summed E-state index contributed by atoms with van der Waals surface area (Å²) >= 11 is 11.5. The number of aromatic nitrogens is 2. The Kier molecular flexibility index (Phi) is 3.97. The lowest BCUT2D eigenvalue weighted by Gasteiger charge is -1.98. The van der Waals surface area contributed by atoms with Gasteiger partial charge in [-0.15, -0.1) is 21.8 Å². The number of aryl methyl sites for hydroxylation is 1. The van der Waals surface area contributed by atoms with Crippen LogP contribution in [0.25, 0.3) is 11.5 Å². The highest BCUT2D eigenvalue weighted by atomic mass is 35.5. The summed E-state index contributed by atoms with van der Waals surface area (Å²) in [6.45, 7) is 0. The van der Waals surface area contributed by atoms with Crippen molar-refractivity contribution in [3.63, 3.8) is 0 Å². The molecule has 0 N–H and O–H groups in total. The quantitative estimate of drug-likeness (QED) is 0.798. The van der Waals surface area contributed by atoms with Gasteiger partial charge in [0.15, 0.2) is 0 Å². The van der Waals surface area contributed by atoms with Gasteiger partial charge in [-0.25, -0.2) is 4.39 Å². The maximum atomic E-state index is 12.9. The number of benzene rings is 1. The maximum Gasteiger partial charge on any atom is 0.249 e. The molecule has 0 amide bonds. The first kappa shape index (κ1) is 12.3. The molecule has 0 saturated heterocycles. The molecule has 0 saturated carbocycles. The smallest absolute Gasteiger partial charge is 0.249 e. The van der Waals surface area contributed by atoms with Crippen LogP contribution in [0.2, 0.25) is 5.02 Å². The first-order chi connectivity index (χ1) is 8.20. The van der Waals surface area contributed by atoms with E-state index in [9.17, 15) is 4.39 Å². The summed E-state index contributed by atoms with van der Waals surface area (Å²) in [4.78, 5) is 0. The van der Waals surface area contributed by atoms with Crippen molar-refractivity contribution in [3.05, 3.63) is 34.9 Å². The first-order valence-corrected chi connectivity index (χ1v) is 5.95. The van der Waals surface area contributed by atoms with E-state index in [1.165, 1.54) is 18.2 Å². The van der Waals surface area contributed by atoms with Gasteiger partial charge in [-0.2, -0.15) is 0 Å². The minimum absolute atomic E-state index is 0.248. The van der Waals surface area contributed by atoms with E-state index >= 15 is 0 Å². The summed E-state index contributed by atoms with van der Waals surface area (Å²) in [6, 6.07) is 4.01. The van der Waals surface area contributed by atoms with Crippen molar-refractivity contribution >= 4 is 23.2 Å². The number of hydrogen-bond donors (Lipinski definition) is 0. The third kappa shape index (κ3) is 2.96. The van der Waals surface area contributed by atoms with Crippen molar-refractivity contribution < 1.29 is 8.81 Å². The second-order valence-electron chi connectivity index (χ2n) is 3.42. The van der Waals surface area contributed by atoms with Gasteiger partial charge in [-0.3, -0.25) is 0 Å². The average molecular weight is 275 g/mol. The monoisotopic (exact) mass is 274 g/mol. The molecule has 0 aliphatic rings. The Bertz CT molecular complexity index is 516. The van der Waals surface area contributed by atoms with Crippen molar-refractivity contribution in [2.24, 2.45) is 0 Å². The summed E-state index contributed by atoms with van der Waals surface area (Å²) in [5, 5.41) is 7.98. The molecule has 6 heteroatoms. The summed E-state index contributed by atoms with van der Waals surface area (Å²) < 4.78 is 18.3. The molecule has 0 atom stereocenters. The van der Waals surface area contributed by atoms with Crippen LogP contribution in [-0.2, 0) is 6.42 Å². The lowest BCUT2D eigenvalue weighted by atomic mass is 10.2. The fourth-order valence-electron chi connectivity index (χ4n) is 1.34. The highest BCUT2D eigenvalue weighted by Crippen LogP contribution is 2.27. The molecule has 3 nitrogen and oxygen atoms in total. The van der Waals surface area contributed by atoms with Crippen molar-refractivity contribution in [2.75, 3.05) is 5.88 Å². The van der Waals surface area contributed by atoms with E-state index in [0.717, 1.165) is 6.42 Å². The van der Waals surface area contributed by atoms with Crippen LogP contribution in [0, 0.1) is 5.82 Å². The summed E-state index contributed by atoms with van der Waals surface area (Å²) in [7, 11) is 0. The van der Waals surface area contributed by atoms with Crippen molar-refractivity contribution in [1.82, 2.24) is 10.2 Å². The van der Waals surface area contributed by atoms with Crippen LogP contribution in [0.4, 0.5) is 4.39 Å². The standard InChI is InChI=1S/C11H9Cl2FN2O/c12-5-1-2-10-15-16-11(17-10)8-4-3-7(14)6-9(8)13/h3-4,6H,1-2,5H2. The third-order valence-corrected chi connectivity index (χ3v) is 2.73. The van der Waals surface area contributed by atoms with Crippen molar-refractivity contribution in [1.29, 1.82) is 0 Å². The highest BCUT2D eigenvalue weighted by Gasteiger charge is 2.12. The van der Waals surface area contributed by atoms with Gasteiger partial charge in [-0.1, -0.05) is 11.6 Å². The molecule has 1 aromatic heterocycles. The minimum Gasteiger partial charge on any atom is -0.421 e. The molecule has 2 rings (SSSR count). The van der Waals surface area contributed by atoms with E-state index in [1.807, 2.05) is 0 Å². The lowest BCUT2D eigenvalue weighted by Crippen LogP contribution is -1.85. The van der Waals surface area contributed by atoms with E-state index in [0.29, 0.717) is 29.6 Å². The second kappa shape index (κ2) is 5.47. The summed E-state index contributed by atoms with van der Waals surface area (Å²) in [5.41, 5.74) is 0.526. The summed E-state index contributed by atoms with van der Waals surface area (Å²) in [6.07, 6.45) is 1.38. The molecule has 1 aromatic carbocycles. The first-order valence-electron chi connectivity index (χ1n) is 5.04. The molecule has 0 aliphatic carbocycles. The van der Waals surface area contributed by atoms with Crippen LogP contribution < -0.4 is 0 Å². The molecule has 0 aliphatic heterocycles. The molecule has 1 heterocycles. The zero-order valence-corrected chi connectivity index (χ0v) is 10.3. The van der Waals surface area contributed by atoms with Gasteiger partial charge < -0.3 is 4.42 Å². The molecule has 0 bridgehead atoms. The number of halogens is 3. The Morgan fingerprint density at radius 1 is 1.29 bits per heavy atom. The zero-order valence-electron chi connectivity index (χ0n) is 8.79. The Morgan fingerprint density at radius 3 is 2.82 bits per heavy atom. The van der Waals surface area contributed by atoms with Gasteiger partial charge in [0.1, 0.15) is 5.82 Å². The molecule has 0 spiro atoms. The van der Waals surface area contributed by atoms with Gasteiger partial charge in [0.2, 0.25) is 11.8 Å². The summed E-state index contributed by atoms with van der Waals surface area (Å²) in [5.74, 6) is 0.927. The van der Waals surface area contributed by atoms with Crippen molar-refractivity contribution in [3.8, 4) is 11.5 Å². The van der Waals surface area contributed by atoms with E-state index in [-0.39, 0.29) is 5.02 Å². The molecule has 0 fully saturated rings. The lowest BCUT2D eigenvalue weighted by molar-refractivity contribution is 0.502. The Balaban J connectivity index is 2.24. The van der Waals surface area contributed by atoms with E-state index in [4.69, 9.17) is 27.6 Å². The molecule has 0 radical (unpaired) electrons. The molecular weight excluding hydrogens is 266 g/mol. The topological polar surface area (TPSA) is 38.9 Å². The van der Waals surface area contributed by atoms with E-state index in [2.05, 4.69) is 10.2 Å². The Hall–Kier alpha value is -1.13. The molecule has 2 aromatic rings. The van der Waals surface area contributed by atoms with Crippen LogP contribution in [-0.4, -0.2) is 16.1 Å². The molecule has 17 heavy (non-hydrogen) atoms. The molecule has 90 valence electrons. The largest absolute Gasteiger partial charge is 0.421 e. The normalized spacial score (nSPS) is 10.8. The zero-order chi connectivity index (χ0) is 12.3. The average Bonchev–Trinajstić information content (AvgIpc) is 2.75. The SMILES string of the molecule is Fc1ccc(-c2nnc(CCCCl)o2)c(Cl)c1. The number of rotatable bonds is 4. The van der Waals surface area contributed by atoms with Crippen LogP contribution in [0.5, 0.6) is 0 Å². The van der Waals surface area contributed by atoms with E-state index in [1.54, 1.807) is 0 Å². The van der Waals surface area contributed by atoms with Crippen LogP contribution in [0.15, 0.2) is 22.6 Å². The van der Waals surface area contributed by atoms with Crippen molar-refractivity contribution in [2.45, 2.75) is 12.8 Å². The van der Waals surface area contributed by atoms with Gasteiger partial charge in [0.05, 0.1) is 10.6 Å². The van der Waals surface area contributed by atoms with E-state index < -0.39 is 5.82 Å².